The molecule has 0 fully saturated rings. The van der Waals surface area contributed by atoms with Crippen LogP contribution in [0.3, 0.4) is 0 Å². The first-order valence-electron chi connectivity index (χ1n) is 9.33. The lowest BCUT2D eigenvalue weighted by molar-refractivity contribution is -0.00845. The van der Waals surface area contributed by atoms with E-state index in [9.17, 15) is 4.79 Å². The van der Waals surface area contributed by atoms with Gasteiger partial charge in [-0.3, -0.25) is 4.98 Å². The lowest BCUT2D eigenvalue weighted by Crippen LogP contribution is -2.18. The SMILES string of the molecule is CC(C)OC(=O)OCOc1ccccc1C(Nc1ncccn1)c1cncc(Cl)c1Cl. The Kier molecular flexibility index (Phi) is 7.86. The van der Waals surface area contributed by atoms with Gasteiger partial charge in [0.1, 0.15) is 5.75 Å². The number of ether oxygens (including phenoxy) is 3. The molecule has 1 aromatic carbocycles. The van der Waals surface area contributed by atoms with Gasteiger partial charge in [-0.05, 0) is 26.0 Å². The summed E-state index contributed by atoms with van der Waals surface area (Å²) in [7, 11) is 0. The number of nitrogens with one attached hydrogen (secondary N) is 1. The van der Waals surface area contributed by atoms with Gasteiger partial charge in [-0.25, -0.2) is 14.8 Å². The Hall–Kier alpha value is -3.10. The summed E-state index contributed by atoms with van der Waals surface area (Å²) in [4.78, 5) is 24.2. The molecule has 8 nitrogen and oxygen atoms in total. The van der Waals surface area contributed by atoms with Gasteiger partial charge in [0.2, 0.25) is 12.7 Å². The highest BCUT2D eigenvalue weighted by Gasteiger charge is 2.23. The van der Waals surface area contributed by atoms with E-state index in [0.29, 0.717) is 32.9 Å². The highest BCUT2D eigenvalue weighted by Crippen LogP contribution is 2.37. The predicted molar refractivity (Wildman–Crippen MR) is 116 cm³/mol. The van der Waals surface area contributed by atoms with E-state index < -0.39 is 12.2 Å². The molecule has 162 valence electrons. The van der Waals surface area contributed by atoms with Crippen molar-refractivity contribution in [3.63, 3.8) is 0 Å². The van der Waals surface area contributed by atoms with Crippen molar-refractivity contribution in [1.82, 2.24) is 15.0 Å². The number of hydrogen-bond acceptors (Lipinski definition) is 8. The first kappa shape index (κ1) is 22.6. The standard InChI is InChI=1S/C21H20Cl2N4O4/c1-13(2)31-21(28)30-12-29-17-7-4-3-6-14(17)19(27-20-25-8-5-9-26-20)15-10-24-11-16(22)18(15)23/h3-11,13,19H,12H2,1-2H3,(H,25,26,27). The Morgan fingerprint density at radius 2 is 1.81 bits per heavy atom. The van der Waals surface area contributed by atoms with Crippen molar-refractivity contribution >= 4 is 35.3 Å². The van der Waals surface area contributed by atoms with Crippen molar-refractivity contribution in [3.05, 3.63) is 76.3 Å². The maximum Gasteiger partial charge on any atom is 0.511 e. The van der Waals surface area contributed by atoms with Crippen molar-refractivity contribution in [2.75, 3.05) is 12.1 Å². The number of para-hydroxylation sites is 1. The van der Waals surface area contributed by atoms with Gasteiger partial charge in [-0.15, -0.1) is 0 Å². The molecule has 2 heterocycles. The van der Waals surface area contributed by atoms with Crippen molar-refractivity contribution in [2.24, 2.45) is 0 Å². The molecule has 0 bridgehead atoms. The molecular weight excluding hydrogens is 443 g/mol. The average Bonchev–Trinajstić information content (AvgIpc) is 2.75. The van der Waals surface area contributed by atoms with Gasteiger partial charge in [0.25, 0.3) is 0 Å². The molecule has 0 saturated carbocycles. The molecule has 0 aliphatic carbocycles. The molecule has 1 unspecified atom stereocenters. The molecule has 0 spiro atoms. The quantitative estimate of drug-likeness (QED) is 0.356. The minimum atomic E-state index is -0.818. The van der Waals surface area contributed by atoms with Crippen LogP contribution >= 0.6 is 23.2 Å². The smallest absolute Gasteiger partial charge is 0.457 e. The molecule has 31 heavy (non-hydrogen) atoms. The Morgan fingerprint density at radius 3 is 2.55 bits per heavy atom. The number of halogens is 2. The normalized spacial score (nSPS) is 11.6. The van der Waals surface area contributed by atoms with Gasteiger partial charge in [-0.1, -0.05) is 41.4 Å². The highest BCUT2D eigenvalue weighted by atomic mass is 35.5. The van der Waals surface area contributed by atoms with Gasteiger partial charge in [0.15, 0.2) is 0 Å². The summed E-state index contributed by atoms with van der Waals surface area (Å²) in [5.74, 6) is 0.819. The van der Waals surface area contributed by atoms with E-state index in [1.165, 1.54) is 6.20 Å². The van der Waals surface area contributed by atoms with Gasteiger partial charge in [0, 0.05) is 35.9 Å². The highest BCUT2D eigenvalue weighted by molar-refractivity contribution is 6.42. The zero-order chi connectivity index (χ0) is 22.2. The van der Waals surface area contributed by atoms with Crippen LogP contribution in [0.1, 0.15) is 31.0 Å². The van der Waals surface area contributed by atoms with Crippen LogP contribution in [0.2, 0.25) is 10.0 Å². The number of nitrogens with zero attached hydrogens (tertiary/aromatic N) is 3. The monoisotopic (exact) mass is 462 g/mol. The first-order chi connectivity index (χ1) is 15.0. The fourth-order valence-corrected chi connectivity index (χ4v) is 3.05. The molecule has 3 aromatic rings. The summed E-state index contributed by atoms with van der Waals surface area (Å²) in [5.41, 5.74) is 1.28. The van der Waals surface area contributed by atoms with Gasteiger partial charge < -0.3 is 19.5 Å². The largest absolute Gasteiger partial charge is 0.511 e. The van der Waals surface area contributed by atoms with E-state index in [2.05, 4.69) is 20.3 Å². The zero-order valence-corrected chi connectivity index (χ0v) is 18.3. The van der Waals surface area contributed by atoms with E-state index in [0.717, 1.165) is 0 Å². The molecule has 2 aromatic heterocycles. The van der Waals surface area contributed by atoms with Crippen LogP contribution < -0.4 is 10.1 Å². The Morgan fingerprint density at radius 1 is 1.06 bits per heavy atom. The fraction of sp³-hybridized carbons (Fsp3) is 0.238. The maximum atomic E-state index is 11.6. The summed E-state index contributed by atoms with van der Waals surface area (Å²) in [6, 6.07) is 8.35. The first-order valence-corrected chi connectivity index (χ1v) is 10.1. The van der Waals surface area contributed by atoms with Crippen molar-refractivity contribution in [1.29, 1.82) is 0 Å². The molecule has 0 aliphatic rings. The Bertz CT molecular complexity index is 1020. The number of pyridine rings is 1. The molecule has 0 radical (unpaired) electrons. The minimum absolute atomic E-state index is 0.295. The van der Waals surface area contributed by atoms with E-state index in [1.807, 2.05) is 12.1 Å². The number of aromatic nitrogens is 3. The summed E-state index contributed by atoms with van der Waals surface area (Å²) < 4.78 is 15.6. The Balaban J connectivity index is 1.90. The molecule has 1 N–H and O–H groups in total. The fourth-order valence-electron chi connectivity index (χ4n) is 2.68. The molecule has 0 saturated heterocycles. The van der Waals surface area contributed by atoms with Crippen LogP contribution in [0.4, 0.5) is 10.7 Å². The number of rotatable bonds is 8. The predicted octanol–water partition coefficient (Wildman–Crippen LogP) is 5.28. The van der Waals surface area contributed by atoms with Crippen LogP contribution in [-0.2, 0) is 9.47 Å². The zero-order valence-electron chi connectivity index (χ0n) is 16.8. The Labute approximate surface area is 189 Å². The second-order valence-electron chi connectivity index (χ2n) is 6.54. The third-order valence-electron chi connectivity index (χ3n) is 3.97. The lowest BCUT2D eigenvalue weighted by Gasteiger charge is -2.23. The van der Waals surface area contributed by atoms with E-state index in [1.54, 1.807) is 50.6 Å². The summed E-state index contributed by atoms with van der Waals surface area (Å²) in [6.07, 6.45) is 5.17. The number of anilines is 1. The minimum Gasteiger partial charge on any atom is -0.457 e. The second kappa shape index (κ2) is 10.8. The topological polar surface area (TPSA) is 95.5 Å². The third kappa shape index (κ3) is 6.19. The summed E-state index contributed by atoms with van der Waals surface area (Å²) in [6.45, 7) is 3.11. The van der Waals surface area contributed by atoms with Crippen LogP contribution in [0, 0.1) is 0 Å². The number of carbonyl (C=O) groups is 1. The summed E-state index contributed by atoms with van der Waals surface area (Å²) in [5, 5.41) is 3.86. The van der Waals surface area contributed by atoms with Crippen molar-refractivity contribution in [2.45, 2.75) is 26.0 Å². The molecule has 3 rings (SSSR count). The maximum absolute atomic E-state index is 11.6. The van der Waals surface area contributed by atoms with Crippen LogP contribution in [0.5, 0.6) is 5.75 Å². The van der Waals surface area contributed by atoms with Gasteiger partial charge in [-0.2, -0.15) is 0 Å². The van der Waals surface area contributed by atoms with Crippen molar-refractivity contribution in [3.8, 4) is 5.75 Å². The van der Waals surface area contributed by atoms with E-state index >= 15 is 0 Å². The number of benzene rings is 1. The number of carbonyl (C=O) groups excluding carboxylic acids is 1. The summed E-state index contributed by atoms with van der Waals surface area (Å²) >= 11 is 12.7. The van der Waals surface area contributed by atoms with Crippen molar-refractivity contribution < 1.29 is 19.0 Å². The van der Waals surface area contributed by atoms with Crippen LogP contribution in [-0.4, -0.2) is 34.0 Å². The van der Waals surface area contributed by atoms with E-state index in [4.69, 9.17) is 37.4 Å². The molecular formula is C21H20Cl2N4O4. The van der Waals surface area contributed by atoms with E-state index in [-0.39, 0.29) is 12.9 Å². The average molecular weight is 463 g/mol. The molecule has 10 heteroatoms. The van der Waals surface area contributed by atoms with Gasteiger partial charge in [0.05, 0.1) is 22.2 Å². The molecule has 0 amide bonds. The lowest BCUT2D eigenvalue weighted by atomic mass is 9.99. The van der Waals surface area contributed by atoms with Crippen LogP contribution in [0.25, 0.3) is 0 Å². The molecule has 1 atom stereocenters. The molecule has 0 aliphatic heterocycles. The third-order valence-corrected chi connectivity index (χ3v) is 4.77. The van der Waals surface area contributed by atoms with Gasteiger partial charge >= 0.3 is 6.16 Å². The van der Waals surface area contributed by atoms with Crippen LogP contribution in [0.15, 0.2) is 55.1 Å². The number of hydrogen-bond donors (Lipinski definition) is 1. The second-order valence-corrected chi connectivity index (χ2v) is 7.32.